The van der Waals surface area contributed by atoms with E-state index in [1.54, 1.807) is 0 Å². The topological polar surface area (TPSA) is 51.8 Å². The summed E-state index contributed by atoms with van der Waals surface area (Å²) >= 11 is 9.48. The monoisotopic (exact) mass is 297 g/mol. The van der Waals surface area contributed by atoms with Gasteiger partial charge in [-0.15, -0.1) is 10.2 Å². The van der Waals surface area contributed by atoms with Crippen molar-refractivity contribution in [1.29, 1.82) is 0 Å². The number of rotatable bonds is 1. The molecule has 0 bridgehead atoms. The van der Waals surface area contributed by atoms with Crippen LogP contribution in [0.5, 0.6) is 0 Å². The second kappa shape index (κ2) is 3.57. The second-order valence-corrected chi connectivity index (χ2v) is 5.32. The van der Waals surface area contributed by atoms with Gasteiger partial charge in [0.2, 0.25) is 0 Å². The fourth-order valence-electron chi connectivity index (χ4n) is 1.94. The van der Waals surface area contributed by atoms with Crippen LogP contribution in [0.15, 0.2) is 16.6 Å². The average Bonchev–Trinajstić information content (AvgIpc) is 3.04. The Kier molecular flexibility index (Phi) is 2.30. The molecule has 0 atom stereocenters. The zero-order valence-electron chi connectivity index (χ0n) is 8.37. The minimum Gasteiger partial charge on any atom is -0.382 e. The first-order valence-electron chi connectivity index (χ1n) is 5.07. The highest BCUT2D eigenvalue weighted by atomic mass is 79.9. The van der Waals surface area contributed by atoms with Gasteiger partial charge in [-0.25, -0.2) is 0 Å². The quantitative estimate of drug-likeness (QED) is 0.876. The standard InChI is InChI=1S/C11H9BrClN3/c12-7-4-9-6(3-8(7)13)10(5-1-2-5)11(14)16-15-9/h3-5H,1-2H2,(H2,14,16). The van der Waals surface area contributed by atoms with E-state index in [1.807, 2.05) is 12.1 Å². The van der Waals surface area contributed by atoms with Crippen LogP contribution in [0.2, 0.25) is 5.02 Å². The van der Waals surface area contributed by atoms with Crippen LogP contribution < -0.4 is 5.73 Å². The molecular formula is C11H9BrClN3. The fourth-order valence-corrected chi connectivity index (χ4v) is 2.43. The van der Waals surface area contributed by atoms with E-state index in [0.717, 1.165) is 20.9 Å². The third-order valence-corrected chi connectivity index (χ3v) is 4.05. The first-order chi connectivity index (χ1) is 7.66. The molecule has 3 rings (SSSR count). The lowest BCUT2D eigenvalue weighted by Crippen LogP contribution is -2.00. The van der Waals surface area contributed by atoms with Crippen LogP contribution in [0.25, 0.3) is 10.9 Å². The minimum atomic E-state index is 0.536. The van der Waals surface area contributed by atoms with Gasteiger partial charge >= 0.3 is 0 Å². The highest BCUT2D eigenvalue weighted by molar-refractivity contribution is 9.10. The van der Waals surface area contributed by atoms with E-state index in [1.165, 1.54) is 12.8 Å². The SMILES string of the molecule is Nc1nnc2cc(Br)c(Cl)cc2c1C1CC1. The van der Waals surface area contributed by atoms with Gasteiger partial charge in [0.1, 0.15) is 5.82 Å². The van der Waals surface area contributed by atoms with Crippen molar-refractivity contribution < 1.29 is 0 Å². The van der Waals surface area contributed by atoms with Crippen LogP contribution in [-0.4, -0.2) is 10.2 Å². The van der Waals surface area contributed by atoms with E-state index in [0.29, 0.717) is 16.8 Å². The Hall–Kier alpha value is -0.870. The predicted molar refractivity (Wildman–Crippen MR) is 68.6 cm³/mol. The summed E-state index contributed by atoms with van der Waals surface area (Å²) in [4.78, 5) is 0. The first kappa shape index (κ1) is 10.3. The van der Waals surface area contributed by atoms with Gasteiger partial charge in [-0.05, 0) is 46.8 Å². The van der Waals surface area contributed by atoms with E-state index >= 15 is 0 Å². The molecule has 0 saturated heterocycles. The Bertz CT molecular complexity index is 581. The van der Waals surface area contributed by atoms with Gasteiger partial charge in [0.15, 0.2) is 0 Å². The lowest BCUT2D eigenvalue weighted by atomic mass is 10.1. The van der Waals surface area contributed by atoms with Gasteiger partial charge in [0.05, 0.1) is 10.5 Å². The van der Waals surface area contributed by atoms with E-state index in [-0.39, 0.29) is 0 Å². The van der Waals surface area contributed by atoms with Crippen molar-refractivity contribution in [2.75, 3.05) is 5.73 Å². The number of benzene rings is 1. The summed E-state index contributed by atoms with van der Waals surface area (Å²) in [5, 5.41) is 9.81. The zero-order valence-corrected chi connectivity index (χ0v) is 10.7. The molecule has 1 heterocycles. The van der Waals surface area contributed by atoms with Gasteiger partial charge in [-0.1, -0.05) is 11.6 Å². The molecule has 82 valence electrons. The molecule has 0 spiro atoms. The van der Waals surface area contributed by atoms with Crippen LogP contribution in [0.4, 0.5) is 5.82 Å². The summed E-state index contributed by atoms with van der Waals surface area (Å²) in [6, 6.07) is 3.80. The van der Waals surface area contributed by atoms with E-state index in [9.17, 15) is 0 Å². The largest absolute Gasteiger partial charge is 0.382 e. The van der Waals surface area contributed by atoms with Gasteiger partial charge in [0.25, 0.3) is 0 Å². The maximum absolute atomic E-state index is 6.10. The summed E-state index contributed by atoms with van der Waals surface area (Å²) < 4.78 is 0.836. The highest BCUT2D eigenvalue weighted by Gasteiger charge is 2.28. The molecule has 1 fully saturated rings. The van der Waals surface area contributed by atoms with Crippen LogP contribution >= 0.6 is 27.5 Å². The number of halogens is 2. The number of anilines is 1. The maximum atomic E-state index is 6.10. The smallest absolute Gasteiger partial charge is 0.150 e. The molecule has 1 aromatic carbocycles. The van der Waals surface area contributed by atoms with Crippen molar-refractivity contribution in [3.8, 4) is 0 Å². The summed E-state index contributed by atoms with van der Waals surface area (Å²) in [6.45, 7) is 0. The summed E-state index contributed by atoms with van der Waals surface area (Å²) in [5.41, 5.74) is 7.84. The Morgan fingerprint density at radius 2 is 2.06 bits per heavy atom. The van der Waals surface area contributed by atoms with E-state index < -0.39 is 0 Å². The first-order valence-corrected chi connectivity index (χ1v) is 6.24. The van der Waals surface area contributed by atoms with Gasteiger partial charge in [-0.3, -0.25) is 0 Å². The van der Waals surface area contributed by atoms with Gasteiger partial charge < -0.3 is 5.73 Å². The highest BCUT2D eigenvalue weighted by Crippen LogP contribution is 2.45. The molecule has 1 saturated carbocycles. The van der Waals surface area contributed by atoms with Crippen LogP contribution in [0, 0.1) is 0 Å². The van der Waals surface area contributed by atoms with Crippen LogP contribution in [-0.2, 0) is 0 Å². The number of fused-ring (bicyclic) bond motifs is 1. The molecular weight excluding hydrogens is 289 g/mol. The Labute approximate surface area is 106 Å². The molecule has 1 aromatic heterocycles. The summed E-state index contributed by atoms with van der Waals surface area (Å²) in [6.07, 6.45) is 2.36. The van der Waals surface area contributed by atoms with Crippen molar-refractivity contribution in [1.82, 2.24) is 10.2 Å². The summed E-state index contributed by atoms with van der Waals surface area (Å²) in [5.74, 6) is 1.07. The maximum Gasteiger partial charge on any atom is 0.150 e. The molecule has 0 aliphatic heterocycles. The summed E-state index contributed by atoms with van der Waals surface area (Å²) in [7, 11) is 0. The number of nitrogens with zero attached hydrogens (tertiary/aromatic N) is 2. The Morgan fingerprint density at radius 3 is 2.75 bits per heavy atom. The molecule has 0 amide bonds. The normalized spacial score (nSPS) is 15.6. The molecule has 2 aromatic rings. The predicted octanol–water partition coefficient (Wildman–Crippen LogP) is 3.51. The zero-order chi connectivity index (χ0) is 11.3. The fraction of sp³-hybridized carbons (Fsp3) is 0.273. The molecule has 2 N–H and O–H groups in total. The Morgan fingerprint density at radius 1 is 1.31 bits per heavy atom. The van der Waals surface area contributed by atoms with Gasteiger partial charge in [0, 0.05) is 15.4 Å². The number of nitrogens with two attached hydrogens (primary N) is 1. The van der Waals surface area contributed by atoms with Crippen molar-refractivity contribution in [2.24, 2.45) is 0 Å². The molecule has 0 radical (unpaired) electrons. The lowest BCUT2D eigenvalue weighted by molar-refractivity contribution is 1.03. The number of hydrogen-bond donors (Lipinski definition) is 1. The molecule has 3 nitrogen and oxygen atoms in total. The Balaban J connectivity index is 2.37. The average molecular weight is 299 g/mol. The molecule has 5 heteroatoms. The van der Waals surface area contributed by atoms with Crippen molar-refractivity contribution in [2.45, 2.75) is 18.8 Å². The van der Waals surface area contributed by atoms with Crippen LogP contribution in [0.3, 0.4) is 0 Å². The number of aromatic nitrogens is 2. The number of hydrogen-bond acceptors (Lipinski definition) is 3. The third-order valence-electron chi connectivity index (χ3n) is 2.86. The van der Waals surface area contributed by atoms with Gasteiger partial charge in [-0.2, -0.15) is 0 Å². The second-order valence-electron chi connectivity index (χ2n) is 4.06. The van der Waals surface area contributed by atoms with Crippen LogP contribution in [0.1, 0.15) is 24.3 Å². The lowest BCUT2D eigenvalue weighted by Gasteiger charge is -2.08. The minimum absolute atomic E-state index is 0.536. The number of nitrogen functional groups attached to an aromatic ring is 1. The van der Waals surface area contributed by atoms with Crippen molar-refractivity contribution >= 4 is 44.3 Å². The molecule has 0 unspecified atom stereocenters. The van der Waals surface area contributed by atoms with E-state index in [4.69, 9.17) is 17.3 Å². The van der Waals surface area contributed by atoms with E-state index in [2.05, 4.69) is 26.1 Å². The third kappa shape index (κ3) is 1.57. The molecule has 1 aliphatic rings. The molecule has 1 aliphatic carbocycles. The van der Waals surface area contributed by atoms with Crippen molar-refractivity contribution in [3.05, 3.63) is 27.2 Å². The van der Waals surface area contributed by atoms with Crippen molar-refractivity contribution in [3.63, 3.8) is 0 Å². The molecule has 16 heavy (non-hydrogen) atoms.